The summed E-state index contributed by atoms with van der Waals surface area (Å²) in [6.45, 7) is 2.72. The lowest BCUT2D eigenvalue weighted by Gasteiger charge is -2.36. The third kappa shape index (κ3) is 6.12. The van der Waals surface area contributed by atoms with Crippen molar-refractivity contribution >= 4 is 51.4 Å². The predicted octanol–water partition coefficient (Wildman–Crippen LogP) is 5.80. The van der Waals surface area contributed by atoms with Gasteiger partial charge in [-0.2, -0.15) is 0 Å². The predicted molar refractivity (Wildman–Crippen MR) is 163 cm³/mol. The van der Waals surface area contributed by atoms with Crippen LogP contribution in [-0.2, 0) is 16.2 Å². The van der Waals surface area contributed by atoms with Gasteiger partial charge in [-0.3, -0.25) is 19.3 Å². The molecule has 4 aromatic rings. The van der Waals surface area contributed by atoms with Gasteiger partial charge in [-0.1, -0.05) is 66.7 Å². The van der Waals surface area contributed by atoms with Crippen molar-refractivity contribution in [3.8, 4) is 5.75 Å². The molecule has 0 spiro atoms. The van der Waals surface area contributed by atoms with Crippen LogP contribution < -0.4 is 9.64 Å². The number of carbonyl (C=O) groups is 3. The highest BCUT2D eigenvalue weighted by molar-refractivity contribution is 8.18. The molecular weight excluding hydrogens is 534 g/mol. The van der Waals surface area contributed by atoms with Crippen molar-refractivity contribution in [2.45, 2.75) is 6.61 Å². The van der Waals surface area contributed by atoms with Crippen molar-refractivity contribution in [2.75, 3.05) is 37.6 Å². The number of hydrogen-bond donors (Lipinski definition) is 0. The van der Waals surface area contributed by atoms with Crippen LogP contribution in [-0.4, -0.2) is 59.6 Å². The van der Waals surface area contributed by atoms with Gasteiger partial charge >= 0.3 is 0 Å². The number of imide groups is 1. The van der Waals surface area contributed by atoms with Crippen molar-refractivity contribution in [2.24, 2.45) is 0 Å². The van der Waals surface area contributed by atoms with E-state index in [2.05, 4.69) is 47.4 Å². The smallest absolute Gasteiger partial charge is 0.294 e. The van der Waals surface area contributed by atoms with Crippen molar-refractivity contribution in [1.29, 1.82) is 0 Å². The average Bonchev–Trinajstić information content (AvgIpc) is 3.28. The summed E-state index contributed by atoms with van der Waals surface area (Å²) in [6.07, 6.45) is 1.68. The molecule has 0 N–H and O–H groups in total. The number of ether oxygens (including phenoxy) is 1. The molecule has 8 heteroatoms. The zero-order valence-corrected chi connectivity index (χ0v) is 23.3. The van der Waals surface area contributed by atoms with E-state index in [4.69, 9.17) is 4.74 Å². The van der Waals surface area contributed by atoms with Crippen LogP contribution in [0.15, 0.2) is 102 Å². The van der Waals surface area contributed by atoms with Gasteiger partial charge in [-0.25, -0.2) is 0 Å². The topological polar surface area (TPSA) is 70.2 Å². The molecule has 0 saturated carbocycles. The van der Waals surface area contributed by atoms with Gasteiger partial charge < -0.3 is 14.5 Å². The van der Waals surface area contributed by atoms with Gasteiger partial charge in [0, 0.05) is 31.9 Å². The Hall–Kier alpha value is -4.56. The molecule has 2 heterocycles. The van der Waals surface area contributed by atoms with Crippen LogP contribution in [0.1, 0.15) is 11.1 Å². The molecule has 0 radical (unpaired) electrons. The van der Waals surface area contributed by atoms with Crippen molar-refractivity contribution in [3.05, 3.63) is 113 Å². The van der Waals surface area contributed by atoms with Crippen LogP contribution in [0.4, 0.5) is 10.5 Å². The van der Waals surface area contributed by atoms with E-state index in [0.717, 1.165) is 33.5 Å². The van der Waals surface area contributed by atoms with E-state index >= 15 is 0 Å². The maximum absolute atomic E-state index is 13.0. The summed E-state index contributed by atoms with van der Waals surface area (Å²) in [7, 11) is 0. The number of fused-ring (bicyclic) bond motifs is 1. The van der Waals surface area contributed by atoms with Gasteiger partial charge in [0.05, 0.1) is 4.91 Å². The van der Waals surface area contributed by atoms with Gasteiger partial charge in [0.2, 0.25) is 5.91 Å². The maximum Gasteiger partial charge on any atom is 0.294 e. The SMILES string of the molecule is O=C(CN1C(=O)S/C(=C/c2ccc(OCc3ccc4ccccc4c3)cc2)C1=O)N1CCN(c2ccccc2)CC1. The normalized spacial score (nSPS) is 16.6. The summed E-state index contributed by atoms with van der Waals surface area (Å²) >= 11 is 0.864. The van der Waals surface area contributed by atoms with Crippen LogP contribution in [0.3, 0.4) is 0 Å². The molecule has 2 aliphatic rings. The van der Waals surface area contributed by atoms with Gasteiger partial charge in [-0.15, -0.1) is 0 Å². The zero-order chi connectivity index (χ0) is 28.2. The van der Waals surface area contributed by atoms with Gasteiger partial charge in [0.15, 0.2) is 0 Å². The number of hydrogen-bond acceptors (Lipinski definition) is 6. The summed E-state index contributed by atoms with van der Waals surface area (Å²) in [4.78, 5) is 43.9. The molecule has 2 saturated heterocycles. The molecule has 0 aromatic heterocycles. The molecule has 7 nitrogen and oxygen atoms in total. The summed E-state index contributed by atoms with van der Waals surface area (Å²) in [5, 5.41) is 1.94. The second-order valence-electron chi connectivity index (χ2n) is 10.0. The third-order valence-electron chi connectivity index (χ3n) is 7.32. The van der Waals surface area contributed by atoms with Crippen molar-refractivity contribution < 1.29 is 19.1 Å². The number of thioether (sulfide) groups is 1. The number of rotatable bonds is 7. The molecule has 0 aliphatic carbocycles. The van der Waals surface area contributed by atoms with E-state index in [1.807, 2.05) is 54.6 Å². The highest BCUT2D eigenvalue weighted by Crippen LogP contribution is 2.32. The molecule has 0 atom stereocenters. The lowest BCUT2D eigenvalue weighted by molar-refractivity contribution is -0.136. The summed E-state index contributed by atoms with van der Waals surface area (Å²) in [5.41, 5.74) is 2.98. The van der Waals surface area contributed by atoms with Crippen LogP contribution in [0.5, 0.6) is 5.75 Å². The number of benzene rings is 4. The number of nitrogens with zero attached hydrogens (tertiary/aromatic N) is 3. The van der Waals surface area contributed by atoms with Crippen LogP contribution in [0.25, 0.3) is 16.8 Å². The van der Waals surface area contributed by atoms with Crippen LogP contribution in [0, 0.1) is 0 Å². The lowest BCUT2D eigenvalue weighted by Crippen LogP contribution is -2.51. The Labute approximate surface area is 243 Å². The van der Waals surface area contributed by atoms with E-state index < -0.39 is 11.1 Å². The molecular formula is C33H29N3O4S. The van der Waals surface area contributed by atoms with Gasteiger partial charge in [0.1, 0.15) is 18.9 Å². The molecule has 2 fully saturated rings. The van der Waals surface area contributed by atoms with Crippen molar-refractivity contribution in [3.63, 3.8) is 0 Å². The molecule has 4 aromatic carbocycles. The number of carbonyl (C=O) groups excluding carboxylic acids is 3. The molecule has 0 bridgehead atoms. The van der Waals surface area contributed by atoms with Gasteiger partial charge in [-0.05, 0) is 70.1 Å². The first-order chi connectivity index (χ1) is 20.0. The molecule has 206 valence electrons. The molecule has 3 amide bonds. The van der Waals surface area contributed by atoms with Gasteiger partial charge in [0.25, 0.3) is 11.1 Å². The molecule has 41 heavy (non-hydrogen) atoms. The minimum Gasteiger partial charge on any atom is -0.489 e. The summed E-state index contributed by atoms with van der Waals surface area (Å²) < 4.78 is 5.95. The highest BCUT2D eigenvalue weighted by Gasteiger charge is 2.37. The Morgan fingerprint density at radius 3 is 2.27 bits per heavy atom. The van der Waals surface area contributed by atoms with Crippen LogP contribution in [0.2, 0.25) is 0 Å². The van der Waals surface area contributed by atoms with E-state index in [0.29, 0.717) is 43.4 Å². The first kappa shape index (κ1) is 26.7. The van der Waals surface area contributed by atoms with E-state index in [9.17, 15) is 14.4 Å². The number of para-hydroxylation sites is 1. The maximum atomic E-state index is 13.0. The number of amides is 3. The first-order valence-electron chi connectivity index (χ1n) is 13.6. The minimum atomic E-state index is -0.437. The molecule has 0 unspecified atom stereocenters. The second kappa shape index (κ2) is 11.9. The lowest BCUT2D eigenvalue weighted by atomic mass is 10.1. The number of piperazine rings is 1. The zero-order valence-electron chi connectivity index (χ0n) is 22.4. The summed E-state index contributed by atoms with van der Waals surface area (Å²) in [6, 6.07) is 31.9. The largest absolute Gasteiger partial charge is 0.489 e. The molecule has 6 rings (SSSR count). The third-order valence-corrected chi connectivity index (χ3v) is 8.23. The highest BCUT2D eigenvalue weighted by atomic mass is 32.2. The summed E-state index contributed by atoms with van der Waals surface area (Å²) in [5.74, 6) is 0.0588. The van der Waals surface area contributed by atoms with E-state index in [-0.39, 0.29) is 12.5 Å². The molecule has 2 aliphatic heterocycles. The van der Waals surface area contributed by atoms with E-state index in [1.165, 1.54) is 10.8 Å². The van der Waals surface area contributed by atoms with E-state index in [1.54, 1.807) is 11.0 Å². The van der Waals surface area contributed by atoms with Crippen molar-refractivity contribution in [1.82, 2.24) is 9.80 Å². The fourth-order valence-corrected chi connectivity index (χ4v) is 5.87. The fourth-order valence-electron chi connectivity index (χ4n) is 5.03. The minimum absolute atomic E-state index is 0.214. The second-order valence-corrected chi connectivity index (χ2v) is 11.0. The fraction of sp³-hybridized carbons (Fsp3) is 0.182. The Kier molecular flexibility index (Phi) is 7.73. The number of anilines is 1. The quantitative estimate of drug-likeness (QED) is 0.265. The Morgan fingerprint density at radius 2 is 1.51 bits per heavy atom. The van der Waals surface area contributed by atoms with Crippen LogP contribution >= 0.6 is 11.8 Å². The monoisotopic (exact) mass is 563 g/mol. The Balaban J connectivity index is 1.02. The Bertz CT molecular complexity index is 1610. The average molecular weight is 564 g/mol. The standard InChI is InChI=1S/C33H29N3O4S/c37-31(35-18-16-34(17-19-35)28-8-2-1-3-9-28)22-36-32(38)30(41-33(36)39)21-24-11-14-29(15-12-24)40-23-25-10-13-26-6-4-5-7-27(26)20-25/h1-15,20-21H,16-19,22-23H2/b30-21+. The Morgan fingerprint density at radius 1 is 0.805 bits per heavy atom. The first-order valence-corrected chi connectivity index (χ1v) is 14.4.